The third-order valence-electron chi connectivity index (χ3n) is 4.09. The Morgan fingerprint density at radius 1 is 1.22 bits per heavy atom. The second-order valence-corrected chi connectivity index (χ2v) is 5.59. The van der Waals surface area contributed by atoms with E-state index in [4.69, 9.17) is 0 Å². The van der Waals surface area contributed by atoms with Crippen molar-refractivity contribution < 1.29 is 22.8 Å². The molecule has 0 unspecified atom stereocenters. The number of benzene rings is 1. The van der Waals surface area contributed by atoms with Crippen LogP contribution in [-0.2, 0) is 15.8 Å². The molecular formula is C16H19F3N2O2. The van der Waals surface area contributed by atoms with Gasteiger partial charge in [0, 0.05) is 18.8 Å². The minimum atomic E-state index is -4.48. The van der Waals surface area contributed by atoms with E-state index >= 15 is 0 Å². The molecule has 0 radical (unpaired) electrons. The van der Waals surface area contributed by atoms with Gasteiger partial charge in [-0.1, -0.05) is 6.07 Å². The minimum absolute atomic E-state index is 0.0449. The van der Waals surface area contributed by atoms with Crippen LogP contribution in [0.3, 0.4) is 0 Å². The molecule has 0 aliphatic heterocycles. The van der Waals surface area contributed by atoms with Gasteiger partial charge in [0.05, 0.1) is 5.56 Å². The predicted octanol–water partition coefficient (Wildman–Crippen LogP) is 3.29. The molecule has 1 fully saturated rings. The highest BCUT2D eigenvalue weighted by Crippen LogP contribution is 2.48. The van der Waals surface area contributed by atoms with Crippen LogP contribution in [0.2, 0.25) is 0 Å². The molecule has 0 bridgehead atoms. The summed E-state index contributed by atoms with van der Waals surface area (Å²) in [5, 5.41) is 2.45. The molecule has 2 amide bonds. The van der Waals surface area contributed by atoms with Crippen LogP contribution < -0.4 is 5.32 Å². The smallest absolute Gasteiger partial charge is 0.342 e. The average Bonchev–Trinajstić information content (AvgIpc) is 3.29. The summed E-state index contributed by atoms with van der Waals surface area (Å²) < 4.78 is 38.1. The van der Waals surface area contributed by atoms with Gasteiger partial charge in [-0.25, -0.2) is 0 Å². The van der Waals surface area contributed by atoms with Gasteiger partial charge in [-0.15, -0.1) is 0 Å². The zero-order valence-electron chi connectivity index (χ0n) is 13.0. The van der Waals surface area contributed by atoms with Crippen molar-refractivity contribution in [3.8, 4) is 0 Å². The first-order chi connectivity index (χ1) is 10.7. The van der Waals surface area contributed by atoms with E-state index in [1.54, 1.807) is 4.90 Å². The molecule has 0 aromatic heterocycles. The Balaban J connectivity index is 2.15. The highest BCUT2D eigenvalue weighted by molar-refractivity contribution is 6.13. The molecule has 1 aliphatic rings. The topological polar surface area (TPSA) is 49.4 Å². The van der Waals surface area contributed by atoms with Crippen molar-refractivity contribution in [2.45, 2.75) is 32.9 Å². The second-order valence-electron chi connectivity index (χ2n) is 5.59. The van der Waals surface area contributed by atoms with E-state index < -0.39 is 23.1 Å². The Morgan fingerprint density at radius 2 is 1.83 bits per heavy atom. The zero-order chi connectivity index (χ0) is 17.3. The summed E-state index contributed by atoms with van der Waals surface area (Å²) in [6, 6.07) is 4.41. The number of nitrogens with zero attached hydrogens (tertiary/aromatic N) is 1. The summed E-state index contributed by atoms with van der Waals surface area (Å²) in [6.45, 7) is 4.63. The molecule has 126 valence electrons. The van der Waals surface area contributed by atoms with Crippen molar-refractivity contribution in [2.24, 2.45) is 5.41 Å². The number of alkyl halides is 3. The average molecular weight is 328 g/mol. The van der Waals surface area contributed by atoms with E-state index in [1.165, 1.54) is 12.1 Å². The molecule has 1 aromatic carbocycles. The zero-order valence-corrected chi connectivity index (χ0v) is 13.0. The van der Waals surface area contributed by atoms with Crippen LogP contribution in [0.5, 0.6) is 0 Å². The van der Waals surface area contributed by atoms with Crippen molar-refractivity contribution in [3.63, 3.8) is 0 Å². The van der Waals surface area contributed by atoms with Crippen molar-refractivity contribution in [3.05, 3.63) is 29.8 Å². The first kappa shape index (κ1) is 17.3. The van der Waals surface area contributed by atoms with Gasteiger partial charge >= 0.3 is 6.18 Å². The lowest BCUT2D eigenvalue weighted by Crippen LogP contribution is -2.42. The Morgan fingerprint density at radius 3 is 2.30 bits per heavy atom. The van der Waals surface area contributed by atoms with E-state index in [9.17, 15) is 22.8 Å². The van der Waals surface area contributed by atoms with Crippen LogP contribution in [0.25, 0.3) is 0 Å². The molecule has 0 saturated heterocycles. The van der Waals surface area contributed by atoms with Gasteiger partial charge in [0.2, 0.25) is 11.8 Å². The third kappa shape index (κ3) is 3.48. The monoisotopic (exact) mass is 328 g/mol. The normalized spacial score (nSPS) is 15.9. The van der Waals surface area contributed by atoms with Gasteiger partial charge in [0.15, 0.2) is 0 Å². The summed E-state index contributed by atoms with van der Waals surface area (Å²) in [4.78, 5) is 26.4. The Hall–Kier alpha value is -2.05. The van der Waals surface area contributed by atoms with Crippen LogP contribution in [-0.4, -0.2) is 29.8 Å². The lowest BCUT2D eigenvalue weighted by Gasteiger charge is -2.24. The molecule has 0 atom stereocenters. The number of nitrogens with one attached hydrogen (secondary N) is 1. The maximum atomic E-state index is 12.7. The summed E-state index contributed by atoms with van der Waals surface area (Å²) in [6.07, 6.45) is -3.63. The number of anilines is 1. The standard InChI is InChI=1S/C16H19F3N2O2/c1-3-21(4-2)14(23)15(8-9-15)13(22)20-12-7-5-6-11(10-12)16(17,18)19/h5-7,10H,3-4,8-9H2,1-2H3,(H,20,22). The molecule has 1 aromatic rings. The van der Waals surface area contributed by atoms with Crippen molar-refractivity contribution >= 4 is 17.5 Å². The molecule has 23 heavy (non-hydrogen) atoms. The van der Waals surface area contributed by atoms with Crippen LogP contribution in [0.15, 0.2) is 24.3 Å². The van der Waals surface area contributed by atoms with Gasteiger partial charge < -0.3 is 10.2 Å². The van der Waals surface area contributed by atoms with Crippen molar-refractivity contribution in [1.82, 2.24) is 4.90 Å². The molecule has 1 saturated carbocycles. The van der Waals surface area contributed by atoms with E-state index in [1.807, 2.05) is 13.8 Å². The van der Waals surface area contributed by atoms with Gasteiger partial charge in [-0.05, 0) is 44.9 Å². The fraction of sp³-hybridized carbons (Fsp3) is 0.500. The van der Waals surface area contributed by atoms with Crippen LogP contribution in [0.1, 0.15) is 32.3 Å². The fourth-order valence-corrected chi connectivity index (χ4v) is 2.50. The van der Waals surface area contributed by atoms with E-state index in [0.717, 1.165) is 12.1 Å². The van der Waals surface area contributed by atoms with Crippen LogP contribution >= 0.6 is 0 Å². The van der Waals surface area contributed by atoms with E-state index in [-0.39, 0.29) is 11.6 Å². The molecule has 4 nitrogen and oxygen atoms in total. The van der Waals surface area contributed by atoms with Gasteiger partial charge in [0.1, 0.15) is 5.41 Å². The third-order valence-corrected chi connectivity index (χ3v) is 4.09. The van der Waals surface area contributed by atoms with Crippen LogP contribution in [0, 0.1) is 5.41 Å². The number of carbonyl (C=O) groups is 2. The Kier molecular flexibility index (Phi) is 4.68. The van der Waals surface area contributed by atoms with E-state index in [0.29, 0.717) is 25.9 Å². The van der Waals surface area contributed by atoms with Gasteiger partial charge in [-0.3, -0.25) is 9.59 Å². The number of rotatable bonds is 5. The molecule has 0 spiro atoms. The van der Waals surface area contributed by atoms with Gasteiger partial charge in [0.25, 0.3) is 0 Å². The number of carbonyl (C=O) groups excluding carboxylic acids is 2. The number of amides is 2. The summed E-state index contributed by atoms with van der Waals surface area (Å²) >= 11 is 0. The largest absolute Gasteiger partial charge is 0.416 e. The molecular weight excluding hydrogens is 309 g/mol. The minimum Gasteiger partial charge on any atom is -0.342 e. The first-order valence-electron chi connectivity index (χ1n) is 7.52. The molecule has 7 heteroatoms. The first-order valence-corrected chi connectivity index (χ1v) is 7.52. The highest BCUT2D eigenvalue weighted by Gasteiger charge is 2.57. The fourth-order valence-electron chi connectivity index (χ4n) is 2.50. The molecule has 1 aliphatic carbocycles. The maximum Gasteiger partial charge on any atom is 0.416 e. The van der Waals surface area contributed by atoms with E-state index in [2.05, 4.69) is 5.32 Å². The quantitative estimate of drug-likeness (QED) is 0.843. The van der Waals surface area contributed by atoms with Crippen LogP contribution in [0.4, 0.5) is 18.9 Å². The SMILES string of the molecule is CCN(CC)C(=O)C1(C(=O)Nc2cccc(C(F)(F)F)c2)CC1. The Bertz CT molecular complexity index is 606. The summed E-state index contributed by atoms with van der Waals surface area (Å²) in [7, 11) is 0. The van der Waals surface area contributed by atoms with Crippen molar-refractivity contribution in [1.29, 1.82) is 0 Å². The number of halogens is 3. The Labute approximate surface area is 132 Å². The maximum absolute atomic E-state index is 12.7. The molecule has 1 N–H and O–H groups in total. The summed E-state index contributed by atoms with van der Waals surface area (Å²) in [5.74, 6) is -0.791. The van der Waals surface area contributed by atoms with Gasteiger partial charge in [-0.2, -0.15) is 13.2 Å². The number of hydrogen-bond acceptors (Lipinski definition) is 2. The molecule has 2 rings (SSSR count). The summed E-state index contributed by atoms with van der Waals surface area (Å²) in [5.41, 5.74) is -1.92. The molecule has 0 heterocycles. The number of hydrogen-bond donors (Lipinski definition) is 1. The van der Waals surface area contributed by atoms with Crippen molar-refractivity contribution in [2.75, 3.05) is 18.4 Å². The second kappa shape index (κ2) is 6.22. The lowest BCUT2D eigenvalue weighted by atomic mass is 10.0. The lowest BCUT2D eigenvalue weighted by molar-refractivity contribution is -0.142. The predicted molar refractivity (Wildman–Crippen MR) is 79.7 cm³/mol. The highest BCUT2D eigenvalue weighted by atomic mass is 19.4.